The van der Waals surface area contributed by atoms with Gasteiger partial charge in [0.2, 0.25) is 0 Å². The van der Waals surface area contributed by atoms with Crippen LogP contribution in [0.1, 0.15) is 25.7 Å². The maximum Gasteiger partial charge on any atom is 0.170 e. The molecular formula is C15H22ClN3S. The lowest BCUT2D eigenvalue weighted by atomic mass is 10.1. The molecule has 0 radical (unpaired) electrons. The molecule has 5 heteroatoms. The number of nitrogens with one attached hydrogen (secondary N) is 2. The Labute approximate surface area is 131 Å². The van der Waals surface area contributed by atoms with Crippen LogP contribution in [0.2, 0.25) is 5.02 Å². The predicted octanol–water partition coefficient (Wildman–Crippen LogP) is 3.50. The van der Waals surface area contributed by atoms with E-state index in [1.165, 1.54) is 32.4 Å². The average Bonchev–Trinajstić information content (AvgIpc) is 2.47. The van der Waals surface area contributed by atoms with Crippen molar-refractivity contribution in [2.24, 2.45) is 0 Å². The highest BCUT2D eigenvalue weighted by atomic mass is 35.5. The van der Waals surface area contributed by atoms with E-state index in [-0.39, 0.29) is 0 Å². The molecule has 0 bridgehead atoms. The number of hydrogen-bond acceptors (Lipinski definition) is 2. The van der Waals surface area contributed by atoms with Crippen molar-refractivity contribution in [3.05, 3.63) is 29.3 Å². The molecule has 1 heterocycles. The largest absolute Gasteiger partial charge is 0.362 e. The number of benzene rings is 1. The second-order valence-corrected chi connectivity index (χ2v) is 5.93. The fourth-order valence-corrected chi connectivity index (χ4v) is 2.81. The van der Waals surface area contributed by atoms with E-state index in [0.29, 0.717) is 10.1 Å². The minimum absolute atomic E-state index is 0.636. The van der Waals surface area contributed by atoms with Crippen LogP contribution in [-0.2, 0) is 0 Å². The average molecular weight is 312 g/mol. The number of rotatable bonds is 5. The molecule has 1 aromatic rings. The van der Waals surface area contributed by atoms with Crippen LogP contribution in [0.15, 0.2) is 24.3 Å². The van der Waals surface area contributed by atoms with Gasteiger partial charge < -0.3 is 15.5 Å². The maximum atomic E-state index is 6.07. The number of halogens is 1. The minimum atomic E-state index is 0.636. The zero-order chi connectivity index (χ0) is 14.2. The number of hydrogen-bond donors (Lipinski definition) is 2. The van der Waals surface area contributed by atoms with Gasteiger partial charge in [0.25, 0.3) is 0 Å². The SMILES string of the molecule is S=C(NCCCN1CCCCC1)Nc1ccccc1Cl. The molecule has 0 aliphatic carbocycles. The molecule has 1 saturated heterocycles. The summed E-state index contributed by atoms with van der Waals surface area (Å²) in [5, 5.41) is 7.68. The molecule has 1 aliphatic rings. The first-order valence-electron chi connectivity index (χ1n) is 7.27. The van der Waals surface area contributed by atoms with E-state index in [0.717, 1.165) is 25.2 Å². The molecule has 1 fully saturated rings. The fraction of sp³-hybridized carbons (Fsp3) is 0.533. The molecule has 0 atom stereocenters. The molecule has 0 amide bonds. The van der Waals surface area contributed by atoms with Crippen LogP contribution in [0, 0.1) is 0 Å². The van der Waals surface area contributed by atoms with E-state index in [1.54, 1.807) is 0 Å². The van der Waals surface area contributed by atoms with Gasteiger partial charge in [-0.1, -0.05) is 30.2 Å². The quantitative estimate of drug-likeness (QED) is 0.643. The molecule has 0 unspecified atom stereocenters. The van der Waals surface area contributed by atoms with Crippen molar-refractivity contribution < 1.29 is 0 Å². The highest BCUT2D eigenvalue weighted by Crippen LogP contribution is 2.20. The van der Waals surface area contributed by atoms with E-state index >= 15 is 0 Å². The molecule has 110 valence electrons. The lowest BCUT2D eigenvalue weighted by Crippen LogP contribution is -2.34. The van der Waals surface area contributed by atoms with Crippen molar-refractivity contribution in [3.63, 3.8) is 0 Å². The summed E-state index contributed by atoms with van der Waals surface area (Å²) < 4.78 is 0. The second kappa shape index (κ2) is 8.45. The second-order valence-electron chi connectivity index (χ2n) is 5.12. The van der Waals surface area contributed by atoms with Crippen LogP contribution in [0.4, 0.5) is 5.69 Å². The van der Waals surface area contributed by atoms with Crippen LogP contribution >= 0.6 is 23.8 Å². The van der Waals surface area contributed by atoms with Gasteiger partial charge in [0.15, 0.2) is 5.11 Å². The van der Waals surface area contributed by atoms with Crippen LogP contribution in [0.3, 0.4) is 0 Å². The molecule has 0 saturated carbocycles. The smallest absolute Gasteiger partial charge is 0.170 e. The Morgan fingerprint density at radius 3 is 2.70 bits per heavy atom. The third kappa shape index (κ3) is 5.27. The Balaban J connectivity index is 1.61. The van der Waals surface area contributed by atoms with Crippen molar-refractivity contribution in [1.29, 1.82) is 0 Å². The zero-order valence-electron chi connectivity index (χ0n) is 11.7. The molecule has 3 nitrogen and oxygen atoms in total. The van der Waals surface area contributed by atoms with Crippen LogP contribution < -0.4 is 10.6 Å². The summed E-state index contributed by atoms with van der Waals surface area (Å²) in [7, 11) is 0. The summed E-state index contributed by atoms with van der Waals surface area (Å²) in [6.45, 7) is 4.55. The Morgan fingerprint density at radius 2 is 1.95 bits per heavy atom. The molecule has 20 heavy (non-hydrogen) atoms. The van der Waals surface area contributed by atoms with Crippen molar-refractivity contribution in [2.75, 3.05) is 31.5 Å². The summed E-state index contributed by atoms with van der Waals surface area (Å²) in [4.78, 5) is 2.54. The summed E-state index contributed by atoms with van der Waals surface area (Å²) in [6.07, 6.45) is 5.20. The van der Waals surface area contributed by atoms with Crippen LogP contribution in [0.25, 0.3) is 0 Å². The number of piperidine rings is 1. The van der Waals surface area contributed by atoms with Crippen LogP contribution in [-0.4, -0.2) is 36.2 Å². The molecule has 1 aromatic carbocycles. The first kappa shape index (κ1) is 15.5. The van der Waals surface area contributed by atoms with Crippen molar-refractivity contribution >= 4 is 34.6 Å². The van der Waals surface area contributed by atoms with E-state index in [4.69, 9.17) is 23.8 Å². The summed E-state index contributed by atoms with van der Waals surface area (Å²) in [6, 6.07) is 7.61. The number of likely N-dealkylation sites (tertiary alicyclic amines) is 1. The molecule has 2 rings (SSSR count). The normalized spacial score (nSPS) is 15.8. The Hall–Kier alpha value is -0.840. The first-order valence-corrected chi connectivity index (χ1v) is 8.06. The molecule has 2 N–H and O–H groups in total. The highest BCUT2D eigenvalue weighted by molar-refractivity contribution is 7.80. The fourth-order valence-electron chi connectivity index (χ4n) is 2.42. The van der Waals surface area contributed by atoms with Gasteiger partial charge in [0, 0.05) is 6.54 Å². The van der Waals surface area contributed by atoms with E-state index in [9.17, 15) is 0 Å². The number of thiocarbonyl (C=S) groups is 1. The number of nitrogens with zero attached hydrogens (tertiary/aromatic N) is 1. The summed E-state index contributed by atoms with van der Waals surface area (Å²) in [5.74, 6) is 0. The maximum absolute atomic E-state index is 6.07. The molecule has 0 spiro atoms. The van der Waals surface area contributed by atoms with E-state index in [1.807, 2.05) is 24.3 Å². The minimum Gasteiger partial charge on any atom is -0.362 e. The number of para-hydroxylation sites is 1. The lowest BCUT2D eigenvalue weighted by Gasteiger charge is -2.26. The first-order chi connectivity index (χ1) is 9.75. The van der Waals surface area contributed by atoms with Crippen molar-refractivity contribution in [3.8, 4) is 0 Å². The molecule has 0 aromatic heterocycles. The Kier molecular flexibility index (Phi) is 6.57. The zero-order valence-corrected chi connectivity index (χ0v) is 13.3. The third-order valence-corrected chi connectivity index (χ3v) is 4.08. The summed E-state index contributed by atoms with van der Waals surface area (Å²) in [5.41, 5.74) is 0.850. The van der Waals surface area contributed by atoms with Gasteiger partial charge in [-0.25, -0.2) is 0 Å². The number of anilines is 1. The highest BCUT2D eigenvalue weighted by Gasteiger charge is 2.09. The van der Waals surface area contributed by atoms with Crippen molar-refractivity contribution in [2.45, 2.75) is 25.7 Å². The topological polar surface area (TPSA) is 27.3 Å². The molecular weight excluding hydrogens is 290 g/mol. The lowest BCUT2D eigenvalue weighted by molar-refractivity contribution is 0.227. The van der Waals surface area contributed by atoms with Gasteiger partial charge in [-0.05, 0) is 63.2 Å². The third-order valence-electron chi connectivity index (χ3n) is 3.51. The molecule has 1 aliphatic heterocycles. The van der Waals surface area contributed by atoms with Gasteiger partial charge in [-0.3, -0.25) is 0 Å². The van der Waals surface area contributed by atoms with Crippen LogP contribution in [0.5, 0.6) is 0 Å². The Morgan fingerprint density at radius 1 is 1.20 bits per heavy atom. The van der Waals surface area contributed by atoms with Gasteiger partial charge in [0.05, 0.1) is 10.7 Å². The van der Waals surface area contributed by atoms with E-state index in [2.05, 4.69) is 15.5 Å². The predicted molar refractivity (Wildman–Crippen MR) is 90.6 cm³/mol. The van der Waals surface area contributed by atoms with E-state index < -0.39 is 0 Å². The van der Waals surface area contributed by atoms with Gasteiger partial charge >= 0.3 is 0 Å². The van der Waals surface area contributed by atoms with Crippen molar-refractivity contribution in [1.82, 2.24) is 10.2 Å². The standard InChI is InChI=1S/C15H22ClN3S/c16-13-7-2-3-8-14(13)18-15(20)17-9-6-12-19-10-4-1-5-11-19/h2-3,7-8H,1,4-6,9-12H2,(H2,17,18,20). The Bertz CT molecular complexity index is 433. The van der Waals surface area contributed by atoms with Gasteiger partial charge in [0.1, 0.15) is 0 Å². The monoisotopic (exact) mass is 311 g/mol. The van der Waals surface area contributed by atoms with Gasteiger partial charge in [-0.2, -0.15) is 0 Å². The summed E-state index contributed by atoms with van der Waals surface area (Å²) >= 11 is 11.3. The van der Waals surface area contributed by atoms with Gasteiger partial charge in [-0.15, -0.1) is 0 Å².